The van der Waals surface area contributed by atoms with E-state index in [0.717, 1.165) is 18.2 Å². The molecule has 0 radical (unpaired) electrons. The Morgan fingerprint density at radius 3 is 3.06 bits per heavy atom. The van der Waals surface area contributed by atoms with Gasteiger partial charge in [0, 0.05) is 13.0 Å². The fourth-order valence-corrected chi connectivity index (χ4v) is 3.21. The van der Waals surface area contributed by atoms with Gasteiger partial charge in [0.25, 0.3) is 0 Å². The smallest absolute Gasteiger partial charge is 0.155 e. The summed E-state index contributed by atoms with van der Waals surface area (Å²) >= 11 is 0. The third kappa shape index (κ3) is 1.36. The van der Waals surface area contributed by atoms with Gasteiger partial charge in [-0.3, -0.25) is 4.79 Å². The molecule has 96 valence electrons. The summed E-state index contributed by atoms with van der Waals surface area (Å²) in [5.41, 5.74) is -0.320. The number of nitrogens with one attached hydrogen (secondary N) is 3. The molecule has 0 aliphatic carbocycles. The number of hydrogen-bond acceptors (Lipinski definition) is 5. The molecule has 3 heterocycles. The Bertz CT molecular complexity index is 470. The number of Topliss-reactive ketones (excluding diaryl/α,β-unsaturated/α-hetero) is 1. The first-order chi connectivity index (χ1) is 8.53. The molecule has 18 heavy (non-hydrogen) atoms. The lowest BCUT2D eigenvalue weighted by atomic mass is 9.89. The van der Waals surface area contributed by atoms with Gasteiger partial charge in [-0.2, -0.15) is 0 Å². The second kappa shape index (κ2) is 3.54. The summed E-state index contributed by atoms with van der Waals surface area (Å²) in [6.45, 7) is 10.4. The van der Waals surface area contributed by atoms with Gasteiger partial charge in [-0.05, 0) is 13.0 Å². The van der Waals surface area contributed by atoms with Gasteiger partial charge in [-0.25, -0.2) is 0 Å². The lowest BCUT2D eigenvalue weighted by Gasteiger charge is -2.49. The Balaban J connectivity index is 1.98. The molecule has 1 unspecified atom stereocenters. The van der Waals surface area contributed by atoms with E-state index in [4.69, 9.17) is 0 Å². The average Bonchev–Trinajstić information content (AvgIpc) is 2.81. The summed E-state index contributed by atoms with van der Waals surface area (Å²) in [5.74, 6) is 1.82. The highest BCUT2D eigenvalue weighted by Gasteiger charge is 2.55. The van der Waals surface area contributed by atoms with Crippen LogP contribution in [0, 0.1) is 0 Å². The van der Waals surface area contributed by atoms with Crippen molar-refractivity contribution < 1.29 is 4.79 Å². The Morgan fingerprint density at radius 1 is 1.56 bits per heavy atom. The molecule has 3 rings (SSSR count). The largest absolute Gasteiger partial charge is 0.367 e. The lowest BCUT2D eigenvalue weighted by Crippen LogP contribution is -2.70. The van der Waals surface area contributed by atoms with Crippen LogP contribution in [0.25, 0.3) is 0 Å². The van der Waals surface area contributed by atoms with E-state index >= 15 is 0 Å². The van der Waals surface area contributed by atoms with Crippen LogP contribution in [0.15, 0.2) is 37.0 Å². The maximum Gasteiger partial charge on any atom is 0.155 e. The van der Waals surface area contributed by atoms with Gasteiger partial charge >= 0.3 is 0 Å². The molecule has 3 aliphatic rings. The number of nitrogens with zero attached hydrogens (tertiary/aromatic N) is 1. The standard InChI is InChI=1S/C13H18N4O/c1-8(18)7-11-12-13(16-9(2)14-12)5-4-6-17(13)10(3)15-11/h4-5,11-12,14-16H,2-3,6-7H2,1H3/t11?,12-,13+/m0/s1. The summed E-state index contributed by atoms with van der Waals surface area (Å²) in [7, 11) is 0. The highest BCUT2D eigenvalue weighted by atomic mass is 16.1. The van der Waals surface area contributed by atoms with Crippen LogP contribution in [0.5, 0.6) is 0 Å². The number of carbonyl (C=O) groups is 1. The van der Waals surface area contributed by atoms with Crippen molar-refractivity contribution in [2.75, 3.05) is 6.54 Å². The van der Waals surface area contributed by atoms with Crippen molar-refractivity contribution >= 4 is 5.78 Å². The maximum atomic E-state index is 11.4. The van der Waals surface area contributed by atoms with Crippen molar-refractivity contribution in [3.05, 3.63) is 37.0 Å². The Labute approximate surface area is 107 Å². The van der Waals surface area contributed by atoms with E-state index < -0.39 is 0 Å². The highest BCUT2D eigenvalue weighted by Crippen LogP contribution is 2.37. The maximum absolute atomic E-state index is 11.4. The van der Waals surface area contributed by atoms with Gasteiger partial charge in [0.15, 0.2) is 5.66 Å². The van der Waals surface area contributed by atoms with Crippen molar-refractivity contribution in [3.8, 4) is 0 Å². The molecule has 0 bridgehead atoms. The SMILES string of the molecule is C=C1N[C@H]2C(CC(C)=O)NC(=C)N3CC=C[C@]23N1. The molecule has 2 fully saturated rings. The topological polar surface area (TPSA) is 56.4 Å². The van der Waals surface area contributed by atoms with E-state index in [9.17, 15) is 4.79 Å². The molecule has 3 aliphatic heterocycles. The average molecular weight is 246 g/mol. The molecule has 0 amide bonds. The molecule has 0 aromatic heterocycles. The van der Waals surface area contributed by atoms with E-state index in [-0.39, 0.29) is 23.5 Å². The number of hydrogen-bond donors (Lipinski definition) is 3. The second-order valence-electron chi connectivity index (χ2n) is 5.17. The van der Waals surface area contributed by atoms with Crippen LogP contribution in [-0.2, 0) is 4.79 Å². The van der Waals surface area contributed by atoms with Crippen molar-refractivity contribution in [3.63, 3.8) is 0 Å². The second-order valence-corrected chi connectivity index (χ2v) is 5.17. The molecule has 5 nitrogen and oxygen atoms in total. The van der Waals surface area contributed by atoms with E-state index in [1.165, 1.54) is 0 Å². The van der Waals surface area contributed by atoms with Crippen LogP contribution >= 0.6 is 0 Å². The van der Waals surface area contributed by atoms with Gasteiger partial charge in [0.05, 0.1) is 23.7 Å². The molecule has 5 heteroatoms. The van der Waals surface area contributed by atoms with Crippen LogP contribution in [0.2, 0.25) is 0 Å². The van der Waals surface area contributed by atoms with E-state index in [1.807, 2.05) is 0 Å². The number of carbonyl (C=O) groups excluding carboxylic acids is 1. The zero-order chi connectivity index (χ0) is 12.9. The Hall–Kier alpha value is -1.91. The van der Waals surface area contributed by atoms with E-state index in [1.54, 1.807) is 6.92 Å². The zero-order valence-corrected chi connectivity index (χ0v) is 10.5. The van der Waals surface area contributed by atoms with E-state index in [2.05, 4.69) is 46.2 Å². The summed E-state index contributed by atoms with van der Waals surface area (Å²) in [5, 5.41) is 10.1. The lowest BCUT2D eigenvalue weighted by molar-refractivity contribution is -0.118. The molecule has 2 saturated heterocycles. The highest BCUT2D eigenvalue weighted by molar-refractivity contribution is 5.76. The van der Waals surface area contributed by atoms with Crippen LogP contribution in [0.4, 0.5) is 0 Å². The van der Waals surface area contributed by atoms with Gasteiger partial charge in [-0.15, -0.1) is 0 Å². The fourth-order valence-electron chi connectivity index (χ4n) is 3.21. The van der Waals surface area contributed by atoms with Gasteiger partial charge in [-0.1, -0.05) is 19.2 Å². The third-order valence-corrected chi connectivity index (χ3v) is 3.85. The number of ketones is 1. The normalized spacial score (nSPS) is 36.6. The molecule has 3 atom stereocenters. The first-order valence-corrected chi connectivity index (χ1v) is 6.17. The minimum Gasteiger partial charge on any atom is -0.367 e. The molecular formula is C13H18N4O. The van der Waals surface area contributed by atoms with Crippen molar-refractivity contribution in [1.29, 1.82) is 0 Å². The summed E-state index contributed by atoms with van der Waals surface area (Å²) in [6, 6.07) is 0.110. The first-order valence-electron chi connectivity index (χ1n) is 6.17. The molecule has 0 aromatic carbocycles. The van der Waals surface area contributed by atoms with Gasteiger partial charge in [0.2, 0.25) is 0 Å². The van der Waals surface area contributed by atoms with E-state index in [0.29, 0.717) is 6.42 Å². The van der Waals surface area contributed by atoms with Crippen molar-refractivity contribution in [1.82, 2.24) is 20.9 Å². The predicted molar refractivity (Wildman–Crippen MR) is 69.1 cm³/mol. The molecular weight excluding hydrogens is 228 g/mol. The van der Waals surface area contributed by atoms with Gasteiger partial charge < -0.3 is 20.9 Å². The summed E-state index contributed by atoms with van der Waals surface area (Å²) in [4.78, 5) is 13.6. The molecule has 0 aromatic rings. The van der Waals surface area contributed by atoms with Crippen LogP contribution in [-0.4, -0.2) is 35.0 Å². The molecule has 1 spiro atoms. The quantitative estimate of drug-likeness (QED) is 0.599. The first kappa shape index (κ1) is 11.2. The monoisotopic (exact) mass is 246 g/mol. The fraction of sp³-hybridized carbons (Fsp3) is 0.462. The van der Waals surface area contributed by atoms with Crippen LogP contribution in [0.1, 0.15) is 13.3 Å². The summed E-state index contributed by atoms with van der Waals surface area (Å²) in [6.07, 6.45) is 4.74. The Morgan fingerprint density at radius 2 is 2.33 bits per heavy atom. The molecule has 0 saturated carbocycles. The minimum atomic E-state index is -0.320. The Kier molecular flexibility index (Phi) is 2.20. The molecule has 3 N–H and O–H groups in total. The van der Waals surface area contributed by atoms with Gasteiger partial charge in [0.1, 0.15) is 5.78 Å². The zero-order valence-electron chi connectivity index (χ0n) is 10.5. The van der Waals surface area contributed by atoms with Crippen molar-refractivity contribution in [2.45, 2.75) is 31.1 Å². The minimum absolute atomic E-state index is 0.0285. The van der Waals surface area contributed by atoms with Crippen LogP contribution < -0.4 is 16.0 Å². The van der Waals surface area contributed by atoms with Crippen molar-refractivity contribution in [2.24, 2.45) is 0 Å². The predicted octanol–water partition coefficient (Wildman–Crippen LogP) is 0.00920. The number of rotatable bonds is 2. The summed E-state index contributed by atoms with van der Waals surface area (Å²) < 4.78 is 0. The third-order valence-electron chi connectivity index (χ3n) is 3.85. The van der Waals surface area contributed by atoms with Crippen LogP contribution in [0.3, 0.4) is 0 Å².